The van der Waals surface area contributed by atoms with Crippen molar-refractivity contribution in [3.8, 4) is 0 Å². The number of hydrogen-bond acceptors (Lipinski definition) is 4. The number of rotatable bonds is 8. The number of nitrogens with one attached hydrogen (secondary N) is 2. The van der Waals surface area contributed by atoms with Crippen molar-refractivity contribution in [3.05, 3.63) is 59.7 Å². The first-order chi connectivity index (χ1) is 14.1. The fraction of sp³-hybridized carbons (Fsp3) is 0.333. The van der Waals surface area contributed by atoms with Crippen LogP contribution < -0.4 is 14.9 Å². The first-order valence-electron chi connectivity index (χ1n) is 9.55. The topological polar surface area (TPSA) is 98.8 Å². The van der Waals surface area contributed by atoms with Crippen molar-refractivity contribution < 1.29 is 18.0 Å². The third-order valence-electron chi connectivity index (χ3n) is 4.71. The summed E-state index contributed by atoms with van der Waals surface area (Å²) in [5.74, 6) is -0.658. The van der Waals surface area contributed by atoms with Crippen LogP contribution in [0.15, 0.2) is 48.5 Å². The zero-order chi connectivity index (χ0) is 22.5. The summed E-state index contributed by atoms with van der Waals surface area (Å²) in [4.78, 5) is 25.2. The lowest BCUT2D eigenvalue weighted by atomic mass is 10.1. The Morgan fingerprint density at radius 3 is 2.13 bits per heavy atom. The van der Waals surface area contributed by atoms with Crippen LogP contribution in [-0.4, -0.2) is 51.7 Å². The van der Waals surface area contributed by atoms with Crippen LogP contribution in [0.1, 0.15) is 41.0 Å². The van der Waals surface area contributed by atoms with E-state index in [1.54, 1.807) is 36.4 Å². The van der Waals surface area contributed by atoms with Crippen LogP contribution in [0.4, 0.5) is 11.4 Å². The predicted octanol–water partition coefficient (Wildman–Crippen LogP) is 2.71. The Kier molecular flexibility index (Phi) is 7.58. The highest BCUT2D eigenvalue weighted by molar-refractivity contribution is 7.90. The van der Waals surface area contributed by atoms with Gasteiger partial charge in [0.2, 0.25) is 0 Å². The van der Waals surface area contributed by atoms with Crippen LogP contribution in [0, 0.1) is 0 Å². The summed E-state index contributed by atoms with van der Waals surface area (Å²) >= 11 is 0. The molecule has 0 bridgehead atoms. The SMILES string of the molecule is CC[C@@H](C)NC(=O)c1ccccc1NC(=O)c1ccc(N(C)S(=O)(=O)N(C)C)cc1. The summed E-state index contributed by atoms with van der Waals surface area (Å²) in [7, 11) is 0.718. The molecule has 162 valence electrons. The van der Waals surface area contributed by atoms with Gasteiger partial charge < -0.3 is 10.6 Å². The zero-order valence-corrected chi connectivity index (χ0v) is 18.7. The standard InChI is InChI=1S/C21H28N4O4S/c1-6-15(2)22-21(27)18-9-7-8-10-19(18)23-20(26)16-11-13-17(14-12-16)25(5)30(28,29)24(3)4/h7-15H,6H2,1-5H3,(H,22,27)(H,23,26)/t15-/m1/s1. The molecule has 0 saturated heterocycles. The highest BCUT2D eigenvalue weighted by Gasteiger charge is 2.21. The minimum atomic E-state index is -3.62. The van der Waals surface area contributed by atoms with E-state index in [1.807, 2.05) is 13.8 Å². The third kappa shape index (κ3) is 5.37. The molecule has 2 N–H and O–H groups in total. The van der Waals surface area contributed by atoms with Crippen LogP contribution in [0.2, 0.25) is 0 Å². The van der Waals surface area contributed by atoms with E-state index in [0.29, 0.717) is 22.5 Å². The van der Waals surface area contributed by atoms with Crippen molar-refractivity contribution >= 4 is 33.4 Å². The fourth-order valence-corrected chi connectivity index (χ4v) is 3.47. The molecule has 0 fully saturated rings. The zero-order valence-electron chi connectivity index (χ0n) is 17.8. The summed E-state index contributed by atoms with van der Waals surface area (Å²) in [6.45, 7) is 3.89. The molecule has 2 rings (SSSR count). The summed E-state index contributed by atoms with van der Waals surface area (Å²) in [6, 6.07) is 13.0. The van der Waals surface area contributed by atoms with E-state index in [0.717, 1.165) is 15.0 Å². The Labute approximate surface area is 178 Å². The molecule has 0 unspecified atom stereocenters. The lowest BCUT2D eigenvalue weighted by Gasteiger charge is -2.23. The molecular weight excluding hydrogens is 404 g/mol. The maximum absolute atomic E-state index is 12.7. The van der Waals surface area contributed by atoms with E-state index in [2.05, 4.69) is 10.6 Å². The van der Waals surface area contributed by atoms with Gasteiger partial charge in [-0.3, -0.25) is 13.9 Å². The second-order valence-electron chi connectivity index (χ2n) is 7.09. The summed E-state index contributed by atoms with van der Waals surface area (Å²) in [6.07, 6.45) is 0.796. The number of anilines is 2. The maximum atomic E-state index is 12.7. The maximum Gasteiger partial charge on any atom is 0.303 e. The average Bonchev–Trinajstić information content (AvgIpc) is 2.73. The molecule has 0 aliphatic rings. The Balaban J connectivity index is 2.19. The van der Waals surface area contributed by atoms with Crippen molar-refractivity contribution in [3.63, 3.8) is 0 Å². The van der Waals surface area contributed by atoms with Crippen molar-refractivity contribution in [1.82, 2.24) is 9.62 Å². The molecule has 8 nitrogen and oxygen atoms in total. The van der Waals surface area contributed by atoms with E-state index in [1.165, 1.54) is 33.3 Å². The Hall–Kier alpha value is -2.91. The van der Waals surface area contributed by atoms with Crippen LogP contribution in [-0.2, 0) is 10.2 Å². The van der Waals surface area contributed by atoms with E-state index in [9.17, 15) is 18.0 Å². The molecule has 0 aromatic heterocycles. The van der Waals surface area contributed by atoms with E-state index in [-0.39, 0.29) is 11.9 Å². The van der Waals surface area contributed by atoms with Gasteiger partial charge in [-0.15, -0.1) is 0 Å². The van der Waals surface area contributed by atoms with Crippen molar-refractivity contribution in [2.24, 2.45) is 0 Å². The number of nitrogens with zero attached hydrogens (tertiary/aromatic N) is 2. The van der Waals surface area contributed by atoms with E-state index in [4.69, 9.17) is 0 Å². The van der Waals surface area contributed by atoms with Crippen LogP contribution >= 0.6 is 0 Å². The lowest BCUT2D eigenvalue weighted by molar-refractivity contribution is 0.0940. The molecule has 2 aromatic carbocycles. The minimum absolute atomic E-state index is 0.0178. The smallest absolute Gasteiger partial charge is 0.303 e. The summed E-state index contributed by atoms with van der Waals surface area (Å²) < 4.78 is 26.7. The van der Waals surface area contributed by atoms with Gasteiger partial charge in [-0.25, -0.2) is 0 Å². The average molecular weight is 433 g/mol. The number of amides is 2. The fourth-order valence-electron chi connectivity index (χ4n) is 2.59. The van der Waals surface area contributed by atoms with Gasteiger partial charge >= 0.3 is 10.2 Å². The molecule has 1 atom stereocenters. The highest BCUT2D eigenvalue weighted by Crippen LogP contribution is 2.20. The van der Waals surface area contributed by atoms with Crippen molar-refractivity contribution in [2.45, 2.75) is 26.3 Å². The molecule has 0 heterocycles. The van der Waals surface area contributed by atoms with Gasteiger partial charge in [0, 0.05) is 32.7 Å². The largest absolute Gasteiger partial charge is 0.350 e. The molecule has 2 amide bonds. The summed E-state index contributed by atoms with van der Waals surface area (Å²) in [5, 5.41) is 5.64. The van der Waals surface area contributed by atoms with Crippen LogP contribution in [0.25, 0.3) is 0 Å². The third-order valence-corrected chi connectivity index (χ3v) is 6.54. The van der Waals surface area contributed by atoms with Gasteiger partial charge in [-0.2, -0.15) is 12.7 Å². The monoisotopic (exact) mass is 432 g/mol. The van der Waals surface area contributed by atoms with Crippen LogP contribution in [0.3, 0.4) is 0 Å². The van der Waals surface area contributed by atoms with Crippen molar-refractivity contribution in [2.75, 3.05) is 30.8 Å². The molecule has 0 radical (unpaired) electrons. The molecule has 0 aliphatic carbocycles. The Morgan fingerprint density at radius 2 is 1.57 bits per heavy atom. The van der Waals surface area contributed by atoms with Gasteiger partial charge in [0.05, 0.1) is 16.9 Å². The number of benzene rings is 2. The van der Waals surface area contributed by atoms with Gasteiger partial charge in [-0.1, -0.05) is 19.1 Å². The first kappa shape index (κ1) is 23.4. The molecular formula is C21H28N4O4S. The van der Waals surface area contributed by atoms with E-state index >= 15 is 0 Å². The normalized spacial score (nSPS) is 12.3. The predicted molar refractivity (Wildman–Crippen MR) is 119 cm³/mol. The molecule has 0 aliphatic heterocycles. The highest BCUT2D eigenvalue weighted by atomic mass is 32.2. The lowest BCUT2D eigenvalue weighted by Crippen LogP contribution is -2.37. The molecule has 0 spiro atoms. The molecule has 2 aromatic rings. The number of carbonyl (C=O) groups is 2. The van der Waals surface area contributed by atoms with Gasteiger partial charge in [0.15, 0.2) is 0 Å². The second kappa shape index (κ2) is 9.73. The minimum Gasteiger partial charge on any atom is -0.350 e. The first-order valence-corrected chi connectivity index (χ1v) is 10.9. The summed E-state index contributed by atoms with van der Waals surface area (Å²) in [5.41, 5.74) is 1.54. The van der Waals surface area contributed by atoms with E-state index < -0.39 is 16.1 Å². The molecule has 30 heavy (non-hydrogen) atoms. The van der Waals surface area contributed by atoms with Gasteiger partial charge in [0.1, 0.15) is 0 Å². The van der Waals surface area contributed by atoms with Gasteiger partial charge in [0.25, 0.3) is 11.8 Å². The Morgan fingerprint density at radius 1 is 0.967 bits per heavy atom. The Bertz CT molecular complexity index is 1000. The quantitative estimate of drug-likeness (QED) is 0.670. The number of hydrogen-bond donors (Lipinski definition) is 2. The molecule has 9 heteroatoms. The molecule has 0 saturated carbocycles. The van der Waals surface area contributed by atoms with Crippen LogP contribution in [0.5, 0.6) is 0 Å². The van der Waals surface area contributed by atoms with Crippen molar-refractivity contribution in [1.29, 1.82) is 0 Å². The number of carbonyl (C=O) groups excluding carboxylic acids is 2. The number of para-hydroxylation sites is 1. The second-order valence-corrected chi connectivity index (χ2v) is 9.26. The van der Waals surface area contributed by atoms with Gasteiger partial charge in [-0.05, 0) is 49.7 Å².